The van der Waals surface area contributed by atoms with Gasteiger partial charge in [-0.05, 0) is 17.4 Å². The molecule has 2 aromatic rings. The lowest BCUT2D eigenvalue weighted by molar-refractivity contribution is 0.282. The van der Waals surface area contributed by atoms with E-state index in [1.807, 2.05) is 0 Å². The molecule has 0 radical (unpaired) electrons. The summed E-state index contributed by atoms with van der Waals surface area (Å²) in [6.45, 7) is 3.82. The van der Waals surface area contributed by atoms with Gasteiger partial charge in [-0.1, -0.05) is 25.2 Å². The Kier molecular flexibility index (Phi) is 4.74. The summed E-state index contributed by atoms with van der Waals surface area (Å²) < 4.78 is 26.8. The third-order valence-electron chi connectivity index (χ3n) is 2.41. The minimum Gasteiger partial charge on any atom is -0.391 e. The van der Waals surface area contributed by atoms with Gasteiger partial charge < -0.3 is 5.11 Å². The Balaban J connectivity index is 2.18. The summed E-state index contributed by atoms with van der Waals surface area (Å²) in [6, 6.07) is 1.47. The number of hydrogen-bond donors (Lipinski definition) is 2. The number of aliphatic hydroxyl groups excluding tert-OH is 1. The molecule has 0 aliphatic carbocycles. The molecular formula is C11H15N3O3S3. The zero-order chi connectivity index (χ0) is 14.8. The normalized spacial score (nSPS) is 12.0. The monoisotopic (exact) mass is 333 g/mol. The van der Waals surface area contributed by atoms with Gasteiger partial charge in [-0.2, -0.15) is 0 Å². The zero-order valence-corrected chi connectivity index (χ0v) is 13.5. The van der Waals surface area contributed by atoms with Gasteiger partial charge in [0.2, 0.25) is 5.13 Å². The highest BCUT2D eigenvalue weighted by Crippen LogP contribution is 2.26. The molecule has 0 unspecified atom stereocenters. The van der Waals surface area contributed by atoms with E-state index < -0.39 is 10.0 Å². The molecule has 2 N–H and O–H groups in total. The summed E-state index contributed by atoms with van der Waals surface area (Å²) in [7, 11) is -3.72. The highest BCUT2D eigenvalue weighted by atomic mass is 32.2. The number of nitrogens with one attached hydrogen (secondary N) is 1. The molecule has 0 aromatic carbocycles. The molecule has 2 heterocycles. The molecule has 0 aliphatic rings. The van der Waals surface area contributed by atoms with E-state index in [0.717, 1.165) is 11.4 Å². The van der Waals surface area contributed by atoms with E-state index >= 15 is 0 Å². The summed E-state index contributed by atoms with van der Waals surface area (Å²) >= 11 is 2.43. The first-order valence-corrected chi connectivity index (χ1v) is 9.12. The first-order valence-electron chi connectivity index (χ1n) is 5.95. The Labute approximate surface area is 125 Å². The van der Waals surface area contributed by atoms with Crippen molar-refractivity contribution in [1.82, 2.24) is 10.2 Å². The van der Waals surface area contributed by atoms with Crippen LogP contribution in [0.3, 0.4) is 0 Å². The van der Waals surface area contributed by atoms with Crippen LogP contribution < -0.4 is 4.72 Å². The van der Waals surface area contributed by atoms with Crippen molar-refractivity contribution in [3.63, 3.8) is 0 Å². The SMILES string of the molecule is CC(C)Cc1nnc(NS(=O)(=O)c2ccsc2CO)s1. The molecule has 6 nitrogen and oxygen atoms in total. The van der Waals surface area contributed by atoms with Crippen molar-refractivity contribution in [1.29, 1.82) is 0 Å². The predicted octanol–water partition coefficient (Wildman–Crippen LogP) is 2.09. The number of hydrogen-bond acceptors (Lipinski definition) is 7. The van der Waals surface area contributed by atoms with Gasteiger partial charge in [-0.15, -0.1) is 21.5 Å². The van der Waals surface area contributed by atoms with Crippen LogP contribution in [0, 0.1) is 5.92 Å². The summed E-state index contributed by atoms with van der Waals surface area (Å²) in [6.07, 6.45) is 0.764. The van der Waals surface area contributed by atoms with Crippen LogP contribution in [0.5, 0.6) is 0 Å². The van der Waals surface area contributed by atoms with Crippen LogP contribution in [0.15, 0.2) is 16.3 Å². The molecule has 0 saturated heterocycles. The third kappa shape index (κ3) is 3.54. The van der Waals surface area contributed by atoms with E-state index in [0.29, 0.717) is 10.8 Å². The average molecular weight is 333 g/mol. The smallest absolute Gasteiger partial charge is 0.264 e. The van der Waals surface area contributed by atoms with E-state index in [9.17, 15) is 8.42 Å². The van der Waals surface area contributed by atoms with Gasteiger partial charge in [0.05, 0.1) is 11.5 Å². The van der Waals surface area contributed by atoms with Crippen LogP contribution in [0.25, 0.3) is 0 Å². The fraction of sp³-hybridized carbons (Fsp3) is 0.455. The van der Waals surface area contributed by atoms with Gasteiger partial charge in [0.1, 0.15) is 9.90 Å². The lowest BCUT2D eigenvalue weighted by atomic mass is 10.1. The van der Waals surface area contributed by atoms with Crippen molar-refractivity contribution in [2.24, 2.45) is 5.92 Å². The zero-order valence-electron chi connectivity index (χ0n) is 11.0. The lowest BCUT2D eigenvalue weighted by Gasteiger charge is -2.04. The first kappa shape index (κ1) is 15.4. The molecule has 0 saturated carbocycles. The van der Waals surface area contributed by atoms with Gasteiger partial charge in [0.15, 0.2) is 0 Å². The van der Waals surface area contributed by atoms with E-state index in [-0.39, 0.29) is 16.6 Å². The Morgan fingerprint density at radius 2 is 2.15 bits per heavy atom. The topological polar surface area (TPSA) is 92.2 Å². The number of aromatic nitrogens is 2. The second-order valence-corrected chi connectivity index (χ2v) is 8.28. The quantitative estimate of drug-likeness (QED) is 0.844. The van der Waals surface area contributed by atoms with Crippen LogP contribution in [0.4, 0.5) is 5.13 Å². The molecule has 20 heavy (non-hydrogen) atoms. The van der Waals surface area contributed by atoms with E-state index in [4.69, 9.17) is 5.11 Å². The molecule has 0 amide bonds. The minimum absolute atomic E-state index is 0.0885. The number of sulfonamides is 1. The Bertz CT molecular complexity index is 676. The molecule has 0 fully saturated rings. The van der Waals surface area contributed by atoms with Crippen LogP contribution in [0.1, 0.15) is 23.7 Å². The van der Waals surface area contributed by atoms with Crippen molar-refractivity contribution in [2.75, 3.05) is 4.72 Å². The molecule has 9 heteroatoms. The average Bonchev–Trinajstić information content (AvgIpc) is 2.96. The number of aliphatic hydroxyl groups is 1. The van der Waals surface area contributed by atoms with E-state index in [1.165, 1.54) is 28.7 Å². The largest absolute Gasteiger partial charge is 0.391 e. The highest BCUT2D eigenvalue weighted by molar-refractivity contribution is 7.93. The van der Waals surface area contributed by atoms with Crippen LogP contribution in [-0.4, -0.2) is 23.7 Å². The highest BCUT2D eigenvalue weighted by Gasteiger charge is 2.21. The number of rotatable bonds is 6. The van der Waals surface area contributed by atoms with Crippen molar-refractivity contribution in [2.45, 2.75) is 31.8 Å². The van der Waals surface area contributed by atoms with Gasteiger partial charge in [0.25, 0.3) is 10.0 Å². The lowest BCUT2D eigenvalue weighted by Crippen LogP contribution is -2.13. The van der Waals surface area contributed by atoms with Crippen molar-refractivity contribution < 1.29 is 13.5 Å². The number of thiophene rings is 1. The second-order valence-electron chi connectivity index (χ2n) is 4.57. The molecule has 110 valence electrons. The summed E-state index contributed by atoms with van der Waals surface area (Å²) in [5, 5.41) is 19.6. The van der Waals surface area contributed by atoms with Crippen LogP contribution >= 0.6 is 22.7 Å². The van der Waals surface area contributed by atoms with Crippen molar-refractivity contribution in [3.8, 4) is 0 Å². The van der Waals surface area contributed by atoms with Crippen LogP contribution in [-0.2, 0) is 23.1 Å². The number of anilines is 1. The minimum atomic E-state index is -3.72. The maximum Gasteiger partial charge on any atom is 0.264 e. The maximum absolute atomic E-state index is 12.2. The second kappa shape index (κ2) is 6.17. The fourth-order valence-corrected chi connectivity index (χ4v) is 5.06. The van der Waals surface area contributed by atoms with Gasteiger partial charge in [0, 0.05) is 6.42 Å². The van der Waals surface area contributed by atoms with Crippen molar-refractivity contribution in [3.05, 3.63) is 21.3 Å². The van der Waals surface area contributed by atoms with Gasteiger partial charge >= 0.3 is 0 Å². The maximum atomic E-state index is 12.2. The Hall–Kier alpha value is -1.03. The van der Waals surface area contributed by atoms with E-state index in [1.54, 1.807) is 5.38 Å². The number of nitrogens with zero attached hydrogens (tertiary/aromatic N) is 2. The Morgan fingerprint density at radius 3 is 2.80 bits per heavy atom. The molecule has 0 bridgehead atoms. The van der Waals surface area contributed by atoms with Crippen LogP contribution in [0.2, 0.25) is 0 Å². The molecule has 0 spiro atoms. The summed E-state index contributed by atoms with van der Waals surface area (Å²) in [4.78, 5) is 0.495. The molecule has 0 aliphatic heterocycles. The fourth-order valence-electron chi connectivity index (χ4n) is 1.58. The summed E-state index contributed by atoms with van der Waals surface area (Å²) in [5.41, 5.74) is 0. The molecule has 2 aromatic heterocycles. The summed E-state index contributed by atoms with van der Waals surface area (Å²) in [5.74, 6) is 0.435. The standard InChI is InChI=1S/C11H15N3O3S3/c1-7(2)5-10-12-13-11(19-10)14-20(16,17)9-3-4-18-8(9)6-15/h3-4,7,15H,5-6H2,1-2H3,(H,13,14). The first-order chi connectivity index (χ1) is 9.42. The Morgan fingerprint density at radius 1 is 1.40 bits per heavy atom. The molecule has 2 rings (SSSR count). The van der Waals surface area contributed by atoms with Gasteiger partial charge in [-0.3, -0.25) is 4.72 Å². The van der Waals surface area contributed by atoms with E-state index in [2.05, 4.69) is 28.8 Å². The van der Waals surface area contributed by atoms with Crippen molar-refractivity contribution >= 4 is 37.8 Å². The third-order valence-corrected chi connectivity index (χ3v) is 5.86. The predicted molar refractivity (Wildman–Crippen MR) is 79.5 cm³/mol. The molecule has 0 atom stereocenters. The van der Waals surface area contributed by atoms with Gasteiger partial charge in [-0.25, -0.2) is 8.42 Å². The molecular weight excluding hydrogens is 318 g/mol.